The second kappa shape index (κ2) is 4.83. The van der Waals surface area contributed by atoms with Crippen molar-refractivity contribution >= 4 is 43.8 Å². The Kier molecular flexibility index (Phi) is 3.63. The van der Waals surface area contributed by atoms with Gasteiger partial charge in [0.2, 0.25) is 0 Å². The highest BCUT2D eigenvalue weighted by molar-refractivity contribution is 9.11. The van der Waals surface area contributed by atoms with E-state index in [0.717, 1.165) is 14.5 Å². The molecule has 1 saturated heterocycles. The third kappa shape index (κ3) is 2.02. The van der Waals surface area contributed by atoms with E-state index >= 15 is 0 Å². The van der Waals surface area contributed by atoms with Crippen LogP contribution >= 0.6 is 31.9 Å². The van der Waals surface area contributed by atoms with Gasteiger partial charge in [-0.2, -0.15) is 0 Å². The first-order chi connectivity index (χ1) is 7.65. The number of benzene rings is 1. The summed E-state index contributed by atoms with van der Waals surface area (Å²) >= 11 is 6.86. The smallest absolute Gasteiger partial charge is 0.186 e. The molecule has 0 radical (unpaired) electrons. The maximum atomic E-state index is 7.33. The Balaban J connectivity index is 2.55. The number of halogens is 2. The number of nitrogens with one attached hydrogen (secondary N) is 1. The van der Waals surface area contributed by atoms with Crippen LogP contribution in [0.1, 0.15) is 17.4 Å². The van der Waals surface area contributed by atoms with E-state index < -0.39 is 6.29 Å². The van der Waals surface area contributed by atoms with Crippen LogP contribution < -0.4 is 5.73 Å². The third-order valence-electron chi connectivity index (χ3n) is 2.33. The van der Waals surface area contributed by atoms with Gasteiger partial charge in [-0.1, -0.05) is 15.9 Å². The molecule has 1 heterocycles. The summed E-state index contributed by atoms with van der Waals surface area (Å²) in [7, 11) is 0. The first-order valence-electron chi connectivity index (χ1n) is 4.66. The van der Waals surface area contributed by atoms with Crippen molar-refractivity contribution in [2.45, 2.75) is 6.29 Å². The lowest BCUT2D eigenvalue weighted by atomic mass is 10.1. The van der Waals surface area contributed by atoms with Gasteiger partial charge in [-0.15, -0.1) is 0 Å². The molecule has 2 rings (SSSR count). The molecule has 1 aliphatic heterocycles. The van der Waals surface area contributed by atoms with E-state index in [9.17, 15) is 0 Å². The highest BCUT2D eigenvalue weighted by Crippen LogP contribution is 2.39. The van der Waals surface area contributed by atoms with Crippen LogP contribution in [0.2, 0.25) is 0 Å². The highest BCUT2D eigenvalue weighted by atomic mass is 79.9. The van der Waals surface area contributed by atoms with Gasteiger partial charge in [-0.25, -0.2) is 0 Å². The van der Waals surface area contributed by atoms with Crippen LogP contribution in [0.25, 0.3) is 0 Å². The lowest BCUT2D eigenvalue weighted by Gasteiger charge is -2.16. The molecule has 1 fully saturated rings. The van der Waals surface area contributed by atoms with Gasteiger partial charge >= 0.3 is 0 Å². The first-order valence-corrected chi connectivity index (χ1v) is 6.24. The van der Waals surface area contributed by atoms with Crippen LogP contribution in [-0.4, -0.2) is 19.4 Å². The van der Waals surface area contributed by atoms with E-state index in [4.69, 9.17) is 20.6 Å². The minimum absolute atomic E-state index is 0.400. The second-order valence-corrected chi connectivity index (χ2v) is 4.95. The zero-order chi connectivity index (χ0) is 11.7. The summed E-state index contributed by atoms with van der Waals surface area (Å²) in [5.41, 5.74) is 7.82. The Hall–Kier alpha value is -0.430. The molecule has 0 aromatic heterocycles. The van der Waals surface area contributed by atoms with Crippen molar-refractivity contribution in [2.75, 3.05) is 18.9 Å². The van der Waals surface area contributed by atoms with Crippen LogP contribution in [0.15, 0.2) is 15.0 Å². The molecule has 4 nitrogen and oxygen atoms in total. The lowest BCUT2D eigenvalue weighted by Crippen LogP contribution is -2.05. The van der Waals surface area contributed by atoms with E-state index in [1.54, 1.807) is 6.07 Å². The molecule has 0 amide bonds. The number of anilines is 1. The summed E-state index contributed by atoms with van der Waals surface area (Å²) in [6.07, 6.45) is 0.813. The summed E-state index contributed by atoms with van der Waals surface area (Å²) in [4.78, 5) is 0. The molecule has 1 aliphatic rings. The van der Waals surface area contributed by atoms with Gasteiger partial charge in [0.05, 0.1) is 13.2 Å². The van der Waals surface area contributed by atoms with E-state index in [1.807, 2.05) is 0 Å². The molecule has 0 spiro atoms. The van der Waals surface area contributed by atoms with Crippen molar-refractivity contribution in [2.24, 2.45) is 0 Å². The van der Waals surface area contributed by atoms with Gasteiger partial charge in [0, 0.05) is 32.0 Å². The molecular formula is C10H10Br2N2O2. The Bertz CT molecular complexity index is 431. The van der Waals surface area contributed by atoms with Gasteiger partial charge in [0.25, 0.3) is 0 Å². The topological polar surface area (TPSA) is 68.3 Å². The van der Waals surface area contributed by atoms with E-state index in [-0.39, 0.29) is 0 Å². The van der Waals surface area contributed by atoms with Crippen LogP contribution in [0, 0.1) is 5.41 Å². The molecule has 86 valence electrons. The molecule has 3 N–H and O–H groups in total. The summed E-state index contributed by atoms with van der Waals surface area (Å²) in [6.45, 7) is 1.15. The van der Waals surface area contributed by atoms with Gasteiger partial charge in [0.15, 0.2) is 6.29 Å². The molecule has 0 aliphatic carbocycles. The SMILES string of the molecule is N=Cc1c(N)cc(Br)c(C2OCCO2)c1Br. The van der Waals surface area contributed by atoms with E-state index in [2.05, 4.69) is 31.9 Å². The van der Waals surface area contributed by atoms with Crippen molar-refractivity contribution in [3.63, 3.8) is 0 Å². The molecule has 1 aromatic rings. The quantitative estimate of drug-likeness (QED) is 0.637. The average molecular weight is 350 g/mol. The monoisotopic (exact) mass is 348 g/mol. The molecule has 16 heavy (non-hydrogen) atoms. The van der Waals surface area contributed by atoms with Crippen molar-refractivity contribution < 1.29 is 9.47 Å². The predicted octanol–water partition coefficient (Wildman–Crippen LogP) is 2.84. The van der Waals surface area contributed by atoms with Crippen molar-refractivity contribution in [3.05, 3.63) is 26.1 Å². The number of nitrogen functional groups attached to an aromatic ring is 1. The fourth-order valence-electron chi connectivity index (χ4n) is 1.56. The van der Waals surface area contributed by atoms with Crippen molar-refractivity contribution in [1.82, 2.24) is 0 Å². The number of hydrogen-bond donors (Lipinski definition) is 2. The second-order valence-electron chi connectivity index (χ2n) is 3.31. The molecule has 0 bridgehead atoms. The minimum Gasteiger partial charge on any atom is -0.398 e. The molecular weight excluding hydrogens is 340 g/mol. The highest BCUT2D eigenvalue weighted by Gasteiger charge is 2.25. The fraction of sp³-hybridized carbons (Fsp3) is 0.300. The van der Waals surface area contributed by atoms with Crippen LogP contribution in [0.4, 0.5) is 5.69 Å². The Morgan fingerprint density at radius 3 is 2.56 bits per heavy atom. The summed E-state index contributed by atoms with van der Waals surface area (Å²) in [5, 5.41) is 7.33. The maximum absolute atomic E-state index is 7.33. The van der Waals surface area contributed by atoms with Gasteiger partial charge < -0.3 is 20.6 Å². The Morgan fingerprint density at radius 1 is 1.38 bits per heavy atom. The number of rotatable bonds is 2. The van der Waals surface area contributed by atoms with Crippen LogP contribution in [0.3, 0.4) is 0 Å². The largest absolute Gasteiger partial charge is 0.398 e. The molecule has 0 unspecified atom stereocenters. The van der Waals surface area contributed by atoms with E-state index in [0.29, 0.717) is 24.5 Å². The van der Waals surface area contributed by atoms with Crippen molar-refractivity contribution in [3.8, 4) is 0 Å². The normalized spacial score (nSPS) is 16.6. The minimum atomic E-state index is -0.400. The number of ether oxygens (including phenoxy) is 2. The number of nitrogens with two attached hydrogens (primary N) is 1. The molecule has 0 saturated carbocycles. The zero-order valence-corrected chi connectivity index (χ0v) is 11.5. The van der Waals surface area contributed by atoms with Crippen molar-refractivity contribution in [1.29, 1.82) is 5.41 Å². The molecule has 6 heteroatoms. The Morgan fingerprint density at radius 2 is 2.00 bits per heavy atom. The average Bonchev–Trinajstić information content (AvgIpc) is 2.70. The van der Waals surface area contributed by atoms with Gasteiger partial charge in [0.1, 0.15) is 0 Å². The fourth-order valence-corrected chi connectivity index (χ4v) is 3.20. The van der Waals surface area contributed by atoms with E-state index in [1.165, 1.54) is 6.21 Å². The molecule has 0 atom stereocenters. The van der Waals surface area contributed by atoms with Crippen LogP contribution in [0.5, 0.6) is 0 Å². The van der Waals surface area contributed by atoms with Crippen LogP contribution in [-0.2, 0) is 9.47 Å². The maximum Gasteiger partial charge on any atom is 0.186 e. The lowest BCUT2D eigenvalue weighted by molar-refractivity contribution is -0.0451. The zero-order valence-electron chi connectivity index (χ0n) is 8.30. The first kappa shape index (κ1) is 12.0. The predicted molar refractivity (Wildman–Crippen MR) is 68.8 cm³/mol. The third-order valence-corrected chi connectivity index (χ3v) is 3.84. The van der Waals surface area contributed by atoms with Gasteiger partial charge in [-0.3, -0.25) is 0 Å². The summed E-state index contributed by atoms with van der Waals surface area (Å²) < 4.78 is 12.4. The summed E-state index contributed by atoms with van der Waals surface area (Å²) in [6, 6.07) is 1.76. The number of hydrogen-bond acceptors (Lipinski definition) is 4. The Labute approximate surface area is 110 Å². The standard InChI is InChI=1S/C10H10Br2N2O2/c11-6-3-7(14)5(4-13)9(12)8(6)10-15-1-2-16-10/h3-4,10,13H,1-2,14H2. The molecule has 1 aromatic carbocycles. The summed E-state index contributed by atoms with van der Waals surface area (Å²) in [5.74, 6) is 0. The van der Waals surface area contributed by atoms with Gasteiger partial charge in [-0.05, 0) is 22.0 Å².